The highest BCUT2D eigenvalue weighted by Crippen LogP contribution is 2.24. The summed E-state index contributed by atoms with van der Waals surface area (Å²) in [4.78, 5) is 5.55. The first-order valence-electron chi connectivity index (χ1n) is 5.56. The van der Waals surface area contributed by atoms with Crippen LogP contribution in [0.1, 0.15) is 21.4 Å². The molecular formula is C13H15ClN2S. The lowest BCUT2D eigenvalue weighted by Gasteiger charge is -2.13. The molecule has 90 valence electrons. The van der Waals surface area contributed by atoms with Gasteiger partial charge in [-0.1, -0.05) is 23.7 Å². The van der Waals surface area contributed by atoms with Crippen molar-refractivity contribution in [2.24, 2.45) is 5.73 Å². The molecule has 1 aromatic carbocycles. The summed E-state index contributed by atoms with van der Waals surface area (Å²) in [6.45, 7) is 2.66. The second-order valence-corrected chi connectivity index (χ2v) is 5.79. The average molecular weight is 267 g/mol. The molecule has 2 N–H and O–H groups in total. The number of thiazole rings is 1. The molecule has 0 aliphatic rings. The number of nitrogens with two attached hydrogens (primary N) is 1. The summed E-state index contributed by atoms with van der Waals surface area (Å²) in [6, 6.07) is 7.93. The summed E-state index contributed by atoms with van der Waals surface area (Å²) in [6.07, 6.45) is 2.89. The summed E-state index contributed by atoms with van der Waals surface area (Å²) < 4.78 is 0. The van der Waals surface area contributed by atoms with Crippen molar-refractivity contribution in [1.82, 2.24) is 4.98 Å². The Kier molecular flexibility index (Phi) is 4.15. The van der Waals surface area contributed by atoms with Crippen LogP contribution in [-0.4, -0.2) is 11.5 Å². The monoisotopic (exact) mass is 266 g/mol. The van der Waals surface area contributed by atoms with Gasteiger partial charge in [0.1, 0.15) is 0 Å². The van der Waals surface area contributed by atoms with E-state index in [2.05, 4.69) is 4.98 Å². The lowest BCUT2D eigenvalue weighted by Crippen LogP contribution is -2.14. The fourth-order valence-electron chi connectivity index (χ4n) is 1.81. The second kappa shape index (κ2) is 5.63. The third-order valence-electron chi connectivity index (χ3n) is 2.74. The average Bonchev–Trinajstić information content (AvgIpc) is 2.73. The molecule has 0 saturated heterocycles. The van der Waals surface area contributed by atoms with Crippen molar-refractivity contribution in [2.45, 2.75) is 19.3 Å². The Morgan fingerprint density at radius 3 is 2.59 bits per heavy atom. The second-order valence-electron chi connectivity index (χ2n) is 4.03. The lowest BCUT2D eigenvalue weighted by molar-refractivity contribution is 0.700. The van der Waals surface area contributed by atoms with Crippen molar-refractivity contribution in [3.05, 3.63) is 50.9 Å². The van der Waals surface area contributed by atoms with E-state index in [1.807, 2.05) is 37.4 Å². The van der Waals surface area contributed by atoms with Crippen LogP contribution >= 0.6 is 22.9 Å². The van der Waals surface area contributed by atoms with Crippen molar-refractivity contribution in [1.29, 1.82) is 0 Å². The van der Waals surface area contributed by atoms with Crippen LogP contribution < -0.4 is 5.73 Å². The molecule has 0 fully saturated rings. The predicted molar refractivity (Wildman–Crippen MR) is 73.8 cm³/mol. The van der Waals surface area contributed by atoms with Crippen molar-refractivity contribution in [3.63, 3.8) is 0 Å². The molecule has 0 aliphatic carbocycles. The molecule has 0 radical (unpaired) electrons. The summed E-state index contributed by atoms with van der Waals surface area (Å²) in [5.41, 5.74) is 7.09. The van der Waals surface area contributed by atoms with E-state index in [-0.39, 0.29) is 0 Å². The Hall–Kier alpha value is -0.900. The zero-order valence-electron chi connectivity index (χ0n) is 9.69. The largest absolute Gasteiger partial charge is 0.330 e. The smallest absolute Gasteiger partial charge is 0.0896 e. The van der Waals surface area contributed by atoms with Gasteiger partial charge in [0.2, 0.25) is 0 Å². The molecular weight excluding hydrogens is 252 g/mol. The summed E-state index contributed by atoms with van der Waals surface area (Å²) in [7, 11) is 0. The third kappa shape index (κ3) is 3.28. The quantitative estimate of drug-likeness (QED) is 0.921. The first kappa shape index (κ1) is 12.6. The van der Waals surface area contributed by atoms with Crippen LogP contribution in [0.5, 0.6) is 0 Å². The molecule has 1 atom stereocenters. The zero-order valence-corrected chi connectivity index (χ0v) is 11.3. The molecule has 2 nitrogen and oxygen atoms in total. The topological polar surface area (TPSA) is 38.9 Å². The van der Waals surface area contributed by atoms with Crippen LogP contribution in [0.3, 0.4) is 0 Å². The molecule has 0 saturated carbocycles. The van der Waals surface area contributed by atoms with Crippen LogP contribution in [0.25, 0.3) is 0 Å². The van der Waals surface area contributed by atoms with Crippen LogP contribution in [0.4, 0.5) is 0 Å². The van der Waals surface area contributed by atoms with Gasteiger partial charge in [-0.2, -0.15) is 0 Å². The number of aromatic nitrogens is 1. The number of rotatable bonds is 4. The SMILES string of the molecule is Cc1ncc(CC(CN)c2ccc(Cl)cc2)s1. The minimum atomic E-state index is 0.340. The summed E-state index contributed by atoms with van der Waals surface area (Å²) in [5, 5.41) is 1.87. The van der Waals surface area contributed by atoms with Crippen LogP contribution in [0.2, 0.25) is 5.02 Å². The molecule has 2 rings (SSSR count). The third-order valence-corrected chi connectivity index (χ3v) is 3.93. The van der Waals surface area contributed by atoms with Gasteiger partial charge in [0, 0.05) is 22.0 Å². The Morgan fingerprint density at radius 1 is 1.35 bits per heavy atom. The van der Waals surface area contributed by atoms with Crippen molar-refractivity contribution in [2.75, 3.05) is 6.54 Å². The van der Waals surface area contributed by atoms with Gasteiger partial charge in [0.15, 0.2) is 0 Å². The Morgan fingerprint density at radius 2 is 2.06 bits per heavy atom. The number of hydrogen-bond acceptors (Lipinski definition) is 3. The highest BCUT2D eigenvalue weighted by atomic mass is 35.5. The van der Waals surface area contributed by atoms with Crippen molar-refractivity contribution in [3.8, 4) is 0 Å². The first-order valence-corrected chi connectivity index (χ1v) is 6.75. The van der Waals surface area contributed by atoms with E-state index < -0.39 is 0 Å². The van der Waals surface area contributed by atoms with Gasteiger partial charge in [0.25, 0.3) is 0 Å². The standard InChI is InChI=1S/C13H15ClN2S/c1-9-16-8-13(17-9)6-11(7-15)10-2-4-12(14)5-3-10/h2-5,8,11H,6-7,15H2,1H3. The minimum Gasteiger partial charge on any atom is -0.330 e. The highest BCUT2D eigenvalue weighted by molar-refractivity contribution is 7.11. The van der Waals surface area contributed by atoms with Gasteiger partial charge in [0.05, 0.1) is 5.01 Å². The number of halogens is 1. The minimum absolute atomic E-state index is 0.340. The molecule has 1 heterocycles. The Balaban J connectivity index is 2.13. The van der Waals surface area contributed by atoms with Crippen molar-refractivity contribution < 1.29 is 0 Å². The maximum Gasteiger partial charge on any atom is 0.0896 e. The molecule has 0 aliphatic heterocycles. The van der Waals surface area contributed by atoms with E-state index in [0.717, 1.165) is 16.5 Å². The molecule has 1 unspecified atom stereocenters. The van der Waals surface area contributed by atoms with E-state index >= 15 is 0 Å². The van der Waals surface area contributed by atoms with Gasteiger partial charge in [-0.3, -0.25) is 0 Å². The highest BCUT2D eigenvalue weighted by Gasteiger charge is 2.12. The number of aryl methyl sites for hydroxylation is 1. The summed E-state index contributed by atoms with van der Waals surface area (Å²) >= 11 is 7.62. The maximum atomic E-state index is 5.88. The van der Waals surface area contributed by atoms with E-state index in [4.69, 9.17) is 17.3 Å². The predicted octanol–water partition coefficient (Wildman–Crippen LogP) is 3.39. The Labute approximate surface area is 110 Å². The molecule has 4 heteroatoms. The van der Waals surface area contributed by atoms with Crippen molar-refractivity contribution >= 4 is 22.9 Å². The van der Waals surface area contributed by atoms with E-state index in [1.165, 1.54) is 10.4 Å². The van der Waals surface area contributed by atoms with E-state index in [9.17, 15) is 0 Å². The van der Waals surface area contributed by atoms with Crippen LogP contribution in [0, 0.1) is 6.92 Å². The Bertz CT molecular complexity index is 478. The molecule has 2 aromatic rings. The van der Waals surface area contributed by atoms with Gasteiger partial charge in [-0.15, -0.1) is 11.3 Å². The molecule has 0 spiro atoms. The van der Waals surface area contributed by atoms with E-state index in [1.54, 1.807) is 11.3 Å². The van der Waals surface area contributed by atoms with Gasteiger partial charge < -0.3 is 5.73 Å². The number of nitrogens with zero attached hydrogens (tertiary/aromatic N) is 1. The zero-order chi connectivity index (χ0) is 12.3. The normalized spacial score (nSPS) is 12.6. The first-order chi connectivity index (χ1) is 8.19. The van der Waals surface area contributed by atoms with Gasteiger partial charge in [-0.25, -0.2) is 4.98 Å². The molecule has 0 amide bonds. The number of hydrogen-bond donors (Lipinski definition) is 1. The molecule has 17 heavy (non-hydrogen) atoms. The van der Waals surface area contributed by atoms with Crippen LogP contribution in [0.15, 0.2) is 30.5 Å². The fraction of sp³-hybridized carbons (Fsp3) is 0.308. The maximum absolute atomic E-state index is 5.88. The van der Waals surface area contributed by atoms with E-state index in [0.29, 0.717) is 12.5 Å². The molecule has 1 aromatic heterocycles. The molecule has 0 bridgehead atoms. The van der Waals surface area contributed by atoms with Gasteiger partial charge in [-0.05, 0) is 37.6 Å². The summed E-state index contributed by atoms with van der Waals surface area (Å²) in [5.74, 6) is 0.340. The lowest BCUT2D eigenvalue weighted by atomic mass is 9.95. The van der Waals surface area contributed by atoms with Crippen LogP contribution in [-0.2, 0) is 6.42 Å². The fourth-order valence-corrected chi connectivity index (χ4v) is 2.82. The van der Waals surface area contributed by atoms with Gasteiger partial charge >= 0.3 is 0 Å². The number of benzene rings is 1.